The highest BCUT2D eigenvalue weighted by Crippen LogP contribution is 2.27. The first-order valence-electron chi connectivity index (χ1n) is 8.12. The predicted octanol–water partition coefficient (Wildman–Crippen LogP) is 4.53. The second-order valence-corrected chi connectivity index (χ2v) is 5.66. The summed E-state index contributed by atoms with van der Waals surface area (Å²) in [5.74, 6) is -2.73. The first-order chi connectivity index (χ1) is 12.8. The fraction of sp³-hybridized carbons (Fsp3) is 0.158. The van der Waals surface area contributed by atoms with Crippen molar-refractivity contribution in [2.24, 2.45) is 0 Å². The van der Waals surface area contributed by atoms with Gasteiger partial charge in [0, 0.05) is 18.7 Å². The number of carbonyl (C=O) groups excluding carboxylic acids is 1. The van der Waals surface area contributed by atoms with Crippen LogP contribution in [0.25, 0.3) is 5.57 Å². The lowest BCUT2D eigenvalue weighted by atomic mass is 10.1. The minimum absolute atomic E-state index is 0.169. The molecule has 0 aliphatic heterocycles. The topological polar surface area (TPSA) is 90.5 Å². The van der Waals surface area contributed by atoms with Crippen molar-refractivity contribution >= 4 is 34.6 Å². The van der Waals surface area contributed by atoms with E-state index in [2.05, 4.69) is 16.0 Å². The van der Waals surface area contributed by atoms with E-state index in [-0.39, 0.29) is 5.69 Å². The number of amides is 2. The molecule has 0 aromatic heterocycles. The van der Waals surface area contributed by atoms with Crippen molar-refractivity contribution < 1.29 is 23.5 Å². The van der Waals surface area contributed by atoms with Crippen LogP contribution in [-0.2, 0) is 4.79 Å². The molecule has 2 aromatic rings. The summed E-state index contributed by atoms with van der Waals surface area (Å²) in [7, 11) is 0. The molecule has 0 aliphatic rings. The predicted molar refractivity (Wildman–Crippen MR) is 101 cm³/mol. The van der Waals surface area contributed by atoms with Crippen molar-refractivity contribution in [1.82, 2.24) is 0 Å². The van der Waals surface area contributed by atoms with Gasteiger partial charge >= 0.3 is 12.0 Å². The minimum atomic E-state index is -1.08. The van der Waals surface area contributed by atoms with Gasteiger partial charge in [-0.2, -0.15) is 0 Å². The lowest BCUT2D eigenvalue weighted by Gasteiger charge is -2.15. The van der Waals surface area contributed by atoms with Crippen LogP contribution in [0.1, 0.15) is 19.4 Å². The lowest BCUT2D eigenvalue weighted by molar-refractivity contribution is -0.131. The van der Waals surface area contributed by atoms with Gasteiger partial charge < -0.3 is 21.1 Å². The molecular weight excluding hydrogens is 356 g/mol. The summed E-state index contributed by atoms with van der Waals surface area (Å²) in [6.07, 6.45) is 1.06. The third-order valence-corrected chi connectivity index (χ3v) is 3.61. The standard InChI is InChI=1S/C19H19F2N3O3/c1-3-22-16-6-4-12(11(2)8-18(25)26)9-17(16)24-19(27)23-15-7-5-13(20)10-14(15)21/h4-10,22H,3H2,1-2H3,(H,25,26)(H2,23,24,27)/b11-8-. The molecule has 0 fully saturated rings. The second-order valence-electron chi connectivity index (χ2n) is 5.66. The maximum Gasteiger partial charge on any atom is 0.328 e. The van der Waals surface area contributed by atoms with Gasteiger partial charge in [0.25, 0.3) is 0 Å². The molecule has 0 bridgehead atoms. The molecule has 0 saturated carbocycles. The van der Waals surface area contributed by atoms with Gasteiger partial charge in [0.1, 0.15) is 11.6 Å². The molecule has 142 valence electrons. The van der Waals surface area contributed by atoms with Crippen LogP contribution in [-0.4, -0.2) is 23.7 Å². The largest absolute Gasteiger partial charge is 0.478 e. The Morgan fingerprint density at radius 1 is 1.04 bits per heavy atom. The van der Waals surface area contributed by atoms with E-state index in [9.17, 15) is 18.4 Å². The molecule has 8 heteroatoms. The second kappa shape index (κ2) is 8.79. The summed E-state index contributed by atoms with van der Waals surface area (Å²) >= 11 is 0. The van der Waals surface area contributed by atoms with E-state index in [1.807, 2.05) is 6.92 Å². The number of carboxylic acids is 1. The molecular formula is C19H19F2N3O3. The molecule has 2 rings (SSSR count). The Kier molecular flexibility index (Phi) is 6.48. The monoisotopic (exact) mass is 375 g/mol. The van der Waals surface area contributed by atoms with E-state index in [0.29, 0.717) is 35.1 Å². The molecule has 4 N–H and O–H groups in total. The van der Waals surface area contributed by atoms with Gasteiger partial charge in [-0.25, -0.2) is 18.4 Å². The number of rotatable bonds is 6. The van der Waals surface area contributed by atoms with Crippen molar-refractivity contribution in [2.75, 3.05) is 22.5 Å². The Bertz CT molecular complexity index is 898. The smallest absolute Gasteiger partial charge is 0.328 e. The van der Waals surface area contributed by atoms with Gasteiger partial charge in [-0.15, -0.1) is 0 Å². The number of hydrogen-bond acceptors (Lipinski definition) is 3. The fourth-order valence-corrected chi connectivity index (χ4v) is 2.37. The van der Waals surface area contributed by atoms with E-state index in [0.717, 1.165) is 18.2 Å². The quantitative estimate of drug-likeness (QED) is 0.559. The van der Waals surface area contributed by atoms with Gasteiger partial charge in [-0.1, -0.05) is 6.07 Å². The van der Waals surface area contributed by atoms with Crippen LogP contribution in [0, 0.1) is 11.6 Å². The maximum absolute atomic E-state index is 13.7. The molecule has 0 heterocycles. The van der Waals surface area contributed by atoms with Crippen molar-refractivity contribution in [1.29, 1.82) is 0 Å². The summed E-state index contributed by atoms with van der Waals surface area (Å²) in [6, 6.07) is 7.11. The molecule has 0 radical (unpaired) electrons. The molecule has 0 saturated heterocycles. The summed E-state index contributed by atoms with van der Waals surface area (Å²) in [5.41, 5.74) is 1.92. The highest BCUT2D eigenvalue weighted by atomic mass is 19.1. The van der Waals surface area contributed by atoms with Crippen molar-refractivity contribution in [3.05, 3.63) is 59.7 Å². The molecule has 0 atom stereocenters. The number of halogens is 2. The number of nitrogens with one attached hydrogen (secondary N) is 3. The van der Waals surface area contributed by atoms with Crippen LogP contribution in [0.2, 0.25) is 0 Å². The third kappa shape index (κ3) is 5.53. The number of allylic oxidation sites excluding steroid dienone is 1. The SMILES string of the molecule is CCNc1ccc(/C(C)=C\C(=O)O)cc1NC(=O)Nc1ccc(F)cc1F. The Labute approximate surface area is 154 Å². The zero-order valence-corrected chi connectivity index (χ0v) is 14.8. The van der Waals surface area contributed by atoms with Gasteiger partial charge in [-0.3, -0.25) is 0 Å². The molecule has 27 heavy (non-hydrogen) atoms. The van der Waals surface area contributed by atoms with Crippen LogP contribution in [0.3, 0.4) is 0 Å². The van der Waals surface area contributed by atoms with Crippen LogP contribution in [0.15, 0.2) is 42.5 Å². The van der Waals surface area contributed by atoms with Gasteiger partial charge in [0.2, 0.25) is 0 Å². The van der Waals surface area contributed by atoms with Gasteiger partial charge in [-0.05, 0) is 49.2 Å². The van der Waals surface area contributed by atoms with Crippen molar-refractivity contribution in [2.45, 2.75) is 13.8 Å². The van der Waals surface area contributed by atoms with Crippen LogP contribution in [0.5, 0.6) is 0 Å². The van der Waals surface area contributed by atoms with Crippen molar-refractivity contribution in [3.8, 4) is 0 Å². The number of anilines is 3. The Morgan fingerprint density at radius 2 is 1.70 bits per heavy atom. The number of urea groups is 1. The number of carboxylic acid groups (broad SMARTS) is 1. The zero-order valence-electron chi connectivity index (χ0n) is 14.8. The molecule has 0 unspecified atom stereocenters. The van der Waals surface area contributed by atoms with Gasteiger partial charge in [0.15, 0.2) is 0 Å². The van der Waals surface area contributed by atoms with Gasteiger partial charge in [0.05, 0.1) is 17.1 Å². The summed E-state index contributed by atoms with van der Waals surface area (Å²) in [5, 5.41) is 16.8. The Morgan fingerprint density at radius 3 is 2.33 bits per heavy atom. The summed E-state index contributed by atoms with van der Waals surface area (Å²) < 4.78 is 26.6. The summed E-state index contributed by atoms with van der Waals surface area (Å²) in [4.78, 5) is 23.1. The number of benzene rings is 2. The van der Waals surface area contributed by atoms with E-state index in [1.165, 1.54) is 0 Å². The normalized spacial score (nSPS) is 11.0. The van der Waals surface area contributed by atoms with Crippen molar-refractivity contribution in [3.63, 3.8) is 0 Å². The van der Waals surface area contributed by atoms with E-state index in [1.54, 1.807) is 25.1 Å². The third-order valence-electron chi connectivity index (χ3n) is 3.61. The highest BCUT2D eigenvalue weighted by Gasteiger charge is 2.12. The fourth-order valence-electron chi connectivity index (χ4n) is 2.37. The molecule has 2 aromatic carbocycles. The zero-order chi connectivity index (χ0) is 20.0. The van der Waals surface area contributed by atoms with Crippen LogP contribution in [0.4, 0.5) is 30.6 Å². The Hall–Kier alpha value is -3.42. The summed E-state index contributed by atoms with van der Waals surface area (Å²) in [6.45, 7) is 4.10. The minimum Gasteiger partial charge on any atom is -0.478 e. The highest BCUT2D eigenvalue weighted by molar-refractivity contribution is 6.02. The number of carbonyl (C=O) groups is 2. The molecule has 6 nitrogen and oxygen atoms in total. The van der Waals surface area contributed by atoms with E-state index < -0.39 is 23.6 Å². The Balaban J connectivity index is 2.26. The number of aliphatic carboxylic acids is 1. The number of hydrogen-bond donors (Lipinski definition) is 4. The van der Waals surface area contributed by atoms with E-state index >= 15 is 0 Å². The lowest BCUT2D eigenvalue weighted by Crippen LogP contribution is -2.21. The molecule has 2 amide bonds. The van der Waals surface area contributed by atoms with Crippen LogP contribution < -0.4 is 16.0 Å². The molecule has 0 aliphatic carbocycles. The van der Waals surface area contributed by atoms with E-state index in [4.69, 9.17) is 5.11 Å². The first kappa shape index (κ1) is 19.9. The average molecular weight is 375 g/mol. The first-order valence-corrected chi connectivity index (χ1v) is 8.12. The van der Waals surface area contributed by atoms with Crippen LogP contribution >= 0.6 is 0 Å². The maximum atomic E-state index is 13.7. The average Bonchev–Trinajstić information content (AvgIpc) is 2.58. The molecule has 0 spiro atoms.